The van der Waals surface area contributed by atoms with Gasteiger partial charge in [-0.05, 0) is 56.3 Å². The van der Waals surface area contributed by atoms with Crippen LogP contribution in [0.25, 0.3) is 0 Å². The number of benzene rings is 2. The summed E-state index contributed by atoms with van der Waals surface area (Å²) in [6.45, 7) is 4.07. The van der Waals surface area contributed by atoms with Crippen LogP contribution in [0.4, 0.5) is 24.5 Å². The number of aromatic nitrogens is 3. The molecule has 0 aliphatic heterocycles. The molecule has 0 saturated heterocycles. The topological polar surface area (TPSA) is 88.9 Å². The lowest BCUT2D eigenvalue weighted by molar-refractivity contribution is -0.137. The lowest BCUT2D eigenvalue weighted by atomic mass is 10.1. The van der Waals surface area contributed by atoms with E-state index in [0.717, 1.165) is 12.1 Å². The van der Waals surface area contributed by atoms with Crippen LogP contribution in [0.15, 0.2) is 53.7 Å². The Labute approximate surface area is 192 Å². The number of Topliss-reactive ketones (excluding diaryl/α,β-unsaturated/α-hetero) is 1. The summed E-state index contributed by atoms with van der Waals surface area (Å²) < 4.78 is 40.5. The first-order chi connectivity index (χ1) is 15.7. The summed E-state index contributed by atoms with van der Waals surface area (Å²) in [7, 11) is 0. The highest BCUT2D eigenvalue weighted by molar-refractivity contribution is 7.99. The molecule has 0 fully saturated rings. The molecular weight excluding hydrogens is 455 g/mol. The molecule has 0 spiro atoms. The van der Waals surface area contributed by atoms with E-state index in [4.69, 9.17) is 0 Å². The lowest BCUT2D eigenvalue weighted by Crippen LogP contribution is -2.15. The number of hydrogen-bond donors (Lipinski definition) is 2. The Morgan fingerprint density at radius 2 is 1.79 bits per heavy atom. The molecule has 3 rings (SSSR count). The molecule has 11 heteroatoms. The molecule has 1 heterocycles. The van der Waals surface area contributed by atoms with Gasteiger partial charge in [-0.15, -0.1) is 10.2 Å². The van der Waals surface area contributed by atoms with E-state index in [1.807, 2.05) is 6.92 Å². The molecule has 0 aliphatic rings. The molecule has 2 aromatic carbocycles. The molecule has 7 nitrogen and oxygen atoms in total. The third-order valence-electron chi connectivity index (χ3n) is 4.66. The SMILES string of the molecule is CCn1c(CNc2cccc(C(F)(F)F)c2)nnc1SCC(=O)Nc1ccc(C(C)=O)cc1. The zero-order valence-corrected chi connectivity index (χ0v) is 18.8. The van der Waals surface area contributed by atoms with E-state index in [-0.39, 0.29) is 24.0 Å². The molecular formula is C22H22F3N5O2S. The fourth-order valence-corrected chi connectivity index (χ4v) is 3.80. The zero-order valence-electron chi connectivity index (χ0n) is 17.9. The standard InChI is InChI=1S/C22H22F3N5O2S/c1-3-30-19(12-26-18-6-4-5-16(11-18)22(23,24)25)28-29-21(30)33-13-20(32)27-17-9-7-15(8-10-17)14(2)31/h4-11,26H,3,12-13H2,1-2H3,(H,27,32). The van der Waals surface area contributed by atoms with Crippen LogP contribution in [-0.2, 0) is 24.1 Å². The van der Waals surface area contributed by atoms with Crippen LogP contribution in [0, 0.1) is 0 Å². The van der Waals surface area contributed by atoms with Crippen molar-refractivity contribution in [2.24, 2.45) is 0 Å². The van der Waals surface area contributed by atoms with Gasteiger partial charge >= 0.3 is 6.18 Å². The number of carbonyl (C=O) groups is 2. The van der Waals surface area contributed by atoms with Crippen molar-refractivity contribution in [3.63, 3.8) is 0 Å². The van der Waals surface area contributed by atoms with Gasteiger partial charge in [-0.1, -0.05) is 17.8 Å². The largest absolute Gasteiger partial charge is 0.416 e. The van der Waals surface area contributed by atoms with Crippen molar-refractivity contribution in [1.82, 2.24) is 14.8 Å². The van der Waals surface area contributed by atoms with Crippen molar-refractivity contribution in [1.29, 1.82) is 0 Å². The second-order valence-corrected chi connectivity index (χ2v) is 7.99. The third-order valence-corrected chi connectivity index (χ3v) is 5.62. The van der Waals surface area contributed by atoms with Crippen molar-refractivity contribution < 1.29 is 22.8 Å². The zero-order chi connectivity index (χ0) is 24.0. The van der Waals surface area contributed by atoms with E-state index >= 15 is 0 Å². The highest BCUT2D eigenvalue weighted by atomic mass is 32.2. The van der Waals surface area contributed by atoms with E-state index < -0.39 is 11.7 Å². The van der Waals surface area contributed by atoms with Crippen LogP contribution >= 0.6 is 11.8 Å². The summed E-state index contributed by atoms with van der Waals surface area (Å²) in [6.07, 6.45) is -4.42. The molecule has 33 heavy (non-hydrogen) atoms. The third kappa shape index (κ3) is 6.58. The van der Waals surface area contributed by atoms with Crippen molar-refractivity contribution in [2.45, 2.75) is 38.3 Å². The van der Waals surface area contributed by atoms with Gasteiger partial charge in [-0.25, -0.2) is 0 Å². The molecule has 0 aliphatic carbocycles. The minimum absolute atomic E-state index is 0.0549. The number of hydrogen-bond acceptors (Lipinski definition) is 6. The molecule has 1 amide bonds. The maximum absolute atomic E-state index is 12.9. The Kier molecular flexibility index (Phi) is 7.75. The summed E-state index contributed by atoms with van der Waals surface area (Å²) in [4.78, 5) is 23.6. The van der Waals surface area contributed by atoms with Gasteiger partial charge in [0, 0.05) is 23.5 Å². The number of thioether (sulfide) groups is 1. The molecule has 3 aromatic rings. The number of anilines is 2. The molecule has 0 saturated carbocycles. The Morgan fingerprint density at radius 1 is 1.06 bits per heavy atom. The maximum Gasteiger partial charge on any atom is 0.416 e. The Morgan fingerprint density at radius 3 is 2.42 bits per heavy atom. The van der Waals surface area contributed by atoms with Crippen LogP contribution in [0.1, 0.15) is 35.6 Å². The van der Waals surface area contributed by atoms with Crippen LogP contribution in [0.3, 0.4) is 0 Å². The van der Waals surface area contributed by atoms with Gasteiger partial charge in [0.25, 0.3) is 0 Å². The second kappa shape index (κ2) is 10.5. The summed E-state index contributed by atoms with van der Waals surface area (Å²) in [5.41, 5.74) is 0.723. The molecule has 2 N–H and O–H groups in total. The monoisotopic (exact) mass is 477 g/mol. The number of alkyl halides is 3. The Bertz CT molecular complexity index is 1130. The van der Waals surface area contributed by atoms with Crippen molar-refractivity contribution in [2.75, 3.05) is 16.4 Å². The van der Waals surface area contributed by atoms with Gasteiger partial charge in [0.1, 0.15) is 0 Å². The van der Waals surface area contributed by atoms with Crippen molar-refractivity contribution in [3.8, 4) is 0 Å². The number of nitrogens with zero attached hydrogens (tertiary/aromatic N) is 3. The van der Waals surface area contributed by atoms with E-state index in [0.29, 0.717) is 34.5 Å². The minimum atomic E-state index is -4.42. The normalized spacial score (nSPS) is 11.3. The number of halogens is 3. The van der Waals surface area contributed by atoms with Gasteiger partial charge < -0.3 is 15.2 Å². The number of carbonyl (C=O) groups excluding carboxylic acids is 2. The maximum atomic E-state index is 12.9. The average molecular weight is 478 g/mol. The average Bonchev–Trinajstić information content (AvgIpc) is 3.18. The predicted octanol–water partition coefficient (Wildman–Crippen LogP) is 4.86. The van der Waals surface area contributed by atoms with E-state index in [1.165, 1.54) is 24.8 Å². The number of ketones is 1. The smallest absolute Gasteiger partial charge is 0.378 e. The Hall–Kier alpha value is -3.34. The Balaban J connectivity index is 1.58. The first kappa shape index (κ1) is 24.3. The number of rotatable bonds is 9. The first-order valence-electron chi connectivity index (χ1n) is 10.0. The summed E-state index contributed by atoms with van der Waals surface area (Å²) in [5.74, 6) is 0.330. The first-order valence-corrected chi connectivity index (χ1v) is 11.0. The fraction of sp³-hybridized carbons (Fsp3) is 0.273. The van der Waals surface area contributed by atoms with Crippen LogP contribution in [0.5, 0.6) is 0 Å². The van der Waals surface area contributed by atoms with Crippen LogP contribution in [0.2, 0.25) is 0 Å². The number of nitrogens with one attached hydrogen (secondary N) is 2. The van der Waals surface area contributed by atoms with Gasteiger partial charge in [0.05, 0.1) is 17.9 Å². The highest BCUT2D eigenvalue weighted by Gasteiger charge is 2.30. The summed E-state index contributed by atoms with van der Waals surface area (Å²) in [6, 6.07) is 11.5. The summed E-state index contributed by atoms with van der Waals surface area (Å²) in [5, 5.41) is 14.4. The molecule has 174 valence electrons. The minimum Gasteiger partial charge on any atom is -0.378 e. The van der Waals surface area contributed by atoms with Gasteiger partial charge in [-0.3, -0.25) is 9.59 Å². The molecule has 1 aromatic heterocycles. The molecule has 0 unspecified atom stereocenters. The molecule has 0 radical (unpaired) electrons. The lowest BCUT2D eigenvalue weighted by Gasteiger charge is -2.11. The predicted molar refractivity (Wildman–Crippen MR) is 120 cm³/mol. The van der Waals surface area contributed by atoms with Crippen LogP contribution < -0.4 is 10.6 Å². The highest BCUT2D eigenvalue weighted by Crippen LogP contribution is 2.30. The fourth-order valence-electron chi connectivity index (χ4n) is 2.98. The van der Waals surface area contributed by atoms with Gasteiger partial charge in [-0.2, -0.15) is 13.2 Å². The van der Waals surface area contributed by atoms with E-state index in [9.17, 15) is 22.8 Å². The van der Waals surface area contributed by atoms with E-state index in [1.54, 1.807) is 34.9 Å². The summed E-state index contributed by atoms with van der Waals surface area (Å²) >= 11 is 1.20. The van der Waals surface area contributed by atoms with Gasteiger partial charge in [0.15, 0.2) is 16.8 Å². The van der Waals surface area contributed by atoms with Crippen molar-refractivity contribution in [3.05, 3.63) is 65.5 Å². The van der Waals surface area contributed by atoms with Crippen LogP contribution in [-0.4, -0.2) is 32.2 Å². The number of amides is 1. The van der Waals surface area contributed by atoms with E-state index in [2.05, 4.69) is 20.8 Å². The second-order valence-electron chi connectivity index (χ2n) is 7.05. The molecule has 0 atom stereocenters. The molecule has 0 bridgehead atoms. The quantitative estimate of drug-likeness (QED) is 0.338. The van der Waals surface area contributed by atoms with Crippen molar-refractivity contribution >= 4 is 34.8 Å². The van der Waals surface area contributed by atoms with Gasteiger partial charge in [0.2, 0.25) is 5.91 Å².